The molecule has 0 amide bonds. The van der Waals surface area contributed by atoms with Crippen LogP contribution in [0.3, 0.4) is 0 Å². The summed E-state index contributed by atoms with van der Waals surface area (Å²) < 4.78 is 5.15. The highest BCUT2D eigenvalue weighted by Crippen LogP contribution is 1.74. The summed E-state index contributed by atoms with van der Waals surface area (Å²) in [6.07, 6.45) is 0. The molecule has 1 heterocycles. The molecule has 1 fully saturated rings. The summed E-state index contributed by atoms with van der Waals surface area (Å²) >= 11 is 0. The lowest BCUT2D eigenvalue weighted by Crippen LogP contribution is -3.13. The van der Waals surface area contributed by atoms with Crippen LogP contribution in [-0.4, -0.2) is 32.9 Å². The molecule has 0 aromatic heterocycles. The van der Waals surface area contributed by atoms with Gasteiger partial charge in [0.25, 0.3) is 0 Å². The first kappa shape index (κ1) is 6.99. The lowest BCUT2D eigenvalue weighted by atomic mass is 10.5. The third kappa shape index (κ3) is 2.30. The minimum absolute atomic E-state index is 0.801. The van der Waals surface area contributed by atoms with Crippen LogP contribution in [0.15, 0.2) is 0 Å². The Morgan fingerprint density at radius 1 is 1.44 bits per heavy atom. The second-order valence-electron chi connectivity index (χ2n) is 2.08. The molecule has 1 rings (SSSR count). The van der Waals surface area contributed by atoms with Crippen molar-refractivity contribution in [1.82, 2.24) is 0 Å². The first-order chi connectivity index (χ1) is 4.43. The monoisotopic (exact) mass is 132 g/mol. The molecule has 1 saturated heterocycles. The topological polar surface area (TPSA) is 22.9 Å². The Morgan fingerprint density at radius 2 is 2.11 bits per heavy atom. The van der Waals surface area contributed by atoms with Crippen LogP contribution in [0.4, 0.5) is 0 Å². The van der Waals surface area contributed by atoms with Gasteiger partial charge >= 0.3 is 0 Å². The summed E-state index contributed by atoms with van der Waals surface area (Å²) in [5, 5.41) is 1.21. The number of ether oxygens (including phenoxy) is 1. The predicted molar refractivity (Wildman–Crippen MR) is 33.1 cm³/mol. The molecule has 0 aliphatic carbocycles. The van der Waals surface area contributed by atoms with Gasteiger partial charge in [-0.2, -0.15) is 5.06 Å². The Kier molecular flexibility index (Phi) is 2.97. The lowest BCUT2D eigenvalue weighted by molar-refractivity contribution is -1.10. The van der Waals surface area contributed by atoms with Gasteiger partial charge in [-0.15, -0.1) is 0 Å². The average Bonchev–Trinajstić information content (AvgIpc) is 1.91. The molecule has 9 heavy (non-hydrogen) atoms. The third-order valence-electron chi connectivity index (χ3n) is 1.40. The van der Waals surface area contributed by atoms with Gasteiger partial charge in [0.05, 0.1) is 13.2 Å². The Balaban J connectivity index is 2.08. The molecular weight excluding hydrogens is 118 g/mol. The van der Waals surface area contributed by atoms with E-state index in [4.69, 9.17) is 9.57 Å². The van der Waals surface area contributed by atoms with Gasteiger partial charge in [-0.05, 0) is 6.92 Å². The van der Waals surface area contributed by atoms with Gasteiger partial charge < -0.3 is 4.74 Å². The average molecular weight is 132 g/mol. The molecule has 3 nitrogen and oxygen atoms in total. The van der Waals surface area contributed by atoms with E-state index in [9.17, 15) is 0 Å². The third-order valence-corrected chi connectivity index (χ3v) is 1.40. The minimum Gasteiger partial charge on any atom is -0.370 e. The van der Waals surface area contributed by atoms with Gasteiger partial charge in [-0.1, -0.05) is 0 Å². The fourth-order valence-corrected chi connectivity index (χ4v) is 0.948. The molecule has 0 atom stereocenters. The normalized spacial score (nSPS) is 22.3. The molecule has 0 spiro atoms. The smallest absolute Gasteiger partial charge is 0.131 e. The first-order valence-corrected chi connectivity index (χ1v) is 3.48. The Labute approximate surface area is 55.5 Å². The van der Waals surface area contributed by atoms with E-state index < -0.39 is 0 Å². The number of nitrogens with one attached hydrogen (secondary N) is 1. The highest BCUT2D eigenvalue weighted by Gasteiger charge is 2.13. The SMILES string of the molecule is CCO[NH+]1CCOCC1. The maximum atomic E-state index is 5.32. The van der Waals surface area contributed by atoms with Crippen LogP contribution in [0, 0.1) is 0 Å². The van der Waals surface area contributed by atoms with Crippen LogP contribution in [0.1, 0.15) is 6.92 Å². The standard InChI is InChI=1S/C6H13NO2/c1-2-9-7-3-5-8-6-4-7/h2-6H2,1H3/p+1. The lowest BCUT2D eigenvalue weighted by Gasteiger charge is -2.20. The number of hydrogen-bond acceptors (Lipinski definition) is 2. The van der Waals surface area contributed by atoms with E-state index in [1.807, 2.05) is 6.92 Å². The summed E-state index contributed by atoms with van der Waals surface area (Å²) in [6.45, 7) is 6.49. The van der Waals surface area contributed by atoms with Crippen molar-refractivity contribution in [3.8, 4) is 0 Å². The molecule has 0 aromatic carbocycles. The molecule has 0 unspecified atom stereocenters. The van der Waals surface area contributed by atoms with Crippen molar-refractivity contribution in [3.63, 3.8) is 0 Å². The van der Waals surface area contributed by atoms with Crippen LogP contribution in [0.2, 0.25) is 0 Å². The van der Waals surface area contributed by atoms with Crippen molar-refractivity contribution < 1.29 is 14.6 Å². The van der Waals surface area contributed by atoms with Crippen molar-refractivity contribution in [3.05, 3.63) is 0 Å². The van der Waals surface area contributed by atoms with Crippen LogP contribution in [0.5, 0.6) is 0 Å². The molecule has 54 valence electrons. The Hall–Kier alpha value is -0.120. The zero-order valence-corrected chi connectivity index (χ0v) is 5.85. The van der Waals surface area contributed by atoms with Gasteiger partial charge in [-0.25, -0.2) is 4.84 Å². The molecule has 0 aromatic rings. The van der Waals surface area contributed by atoms with E-state index in [0.29, 0.717) is 0 Å². The molecule has 0 radical (unpaired) electrons. The highest BCUT2D eigenvalue weighted by molar-refractivity contribution is 4.33. The Bertz CT molecular complexity index is 68.7. The number of morpholine rings is 1. The van der Waals surface area contributed by atoms with E-state index in [2.05, 4.69) is 0 Å². The molecule has 1 N–H and O–H groups in total. The maximum Gasteiger partial charge on any atom is 0.131 e. The van der Waals surface area contributed by atoms with Crippen molar-refractivity contribution in [2.45, 2.75) is 6.92 Å². The fourth-order valence-electron chi connectivity index (χ4n) is 0.948. The van der Waals surface area contributed by atoms with Crippen molar-refractivity contribution in [1.29, 1.82) is 0 Å². The van der Waals surface area contributed by atoms with E-state index in [0.717, 1.165) is 32.9 Å². The van der Waals surface area contributed by atoms with Crippen molar-refractivity contribution >= 4 is 0 Å². The van der Waals surface area contributed by atoms with Crippen molar-refractivity contribution in [2.75, 3.05) is 32.9 Å². The number of hydrogen-bond donors (Lipinski definition) is 1. The van der Waals surface area contributed by atoms with Crippen LogP contribution >= 0.6 is 0 Å². The zero-order valence-electron chi connectivity index (χ0n) is 5.85. The largest absolute Gasteiger partial charge is 0.370 e. The summed E-state index contributed by atoms with van der Waals surface area (Å²) in [5.41, 5.74) is 0. The fraction of sp³-hybridized carbons (Fsp3) is 1.00. The van der Waals surface area contributed by atoms with Gasteiger partial charge in [0.2, 0.25) is 0 Å². The quantitative estimate of drug-likeness (QED) is 0.513. The summed E-state index contributed by atoms with van der Waals surface area (Å²) in [7, 11) is 0. The zero-order chi connectivity index (χ0) is 6.53. The summed E-state index contributed by atoms with van der Waals surface area (Å²) in [5.74, 6) is 0. The predicted octanol–water partition coefficient (Wildman–Crippen LogP) is -1.15. The number of rotatable bonds is 2. The molecule has 3 heteroatoms. The molecule has 1 aliphatic rings. The minimum atomic E-state index is 0.801. The van der Waals surface area contributed by atoms with Gasteiger partial charge in [-0.3, -0.25) is 0 Å². The van der Waals surface area contributed by atoms with E-state index in [1.54, 1.807) is 0 Å². The molecular formula is C6H14NO2+. The van der Waals surface area contributed by atoms with E-state index in [-0.39, 0.29) is 0 Å². The number of hydroxylamine groups is 2. The maximum absolute atomic E-state index is 5.32. The molecule has 0 saturated carbocycles. The van der Waals surface area contributed by atoms with E-state index >= 15 is 0 Å². The van der Waals surface area contributed by atoms with Gasteiger partial charge in [0.1, 0.15) is 19.7 Å². The summed E-state index contributed by atoms with van der Waals surface area (Å²) in [6, 6.07) is 0. The first-order valence-electron chi connectivity index (χ1n) is 3.48. The van der Waals surface area contributed by atoms with Gasteiger partial charge in [0.15, 0.2) is 0 Å². The summed E-state index contributed by atoms with van der Waals surface area (Å²) in [4.78, 5) is 5.32. The molecule has 1 aliphatic heterocycles. The van der Waals surface area contributed by atoms with Crippen LogP contribution in [0.25, 0.3) is 0 Å². The van der Waals surface area contributed by atoms with Crippen molar-refractivity contribution in [2.24, 2.45) is 0 Å². The van der Waals surface area contributed by atoms with E-state index in [1.165, 1.54) is 5.06 Å². The highest BCUT2D eigenvalue weighted by atomic mass is 16.7. The number of quaternary nitrogens is 1. The van der Waals surface area contributed by atoms with Gasteiger partial charge in [0, 0.05) is 0 Å². The second kappa shape index (κ2) is 3.82. The molecule has 0 bridgehead atoms. The van der Waals surface area contributed by atoms with Crippen LogP contribution < -0.4 is 5.06 Å². The second-order valence-corrected chi connectivity index (χ2v) is 2.08. The van der Waals surface area contributed by atoms with Crippen LogP contribution in [-0.2, 0) is 9.57 Å². The Morgan fingerprint density at radius 3 is 2.67 bits per heavy atom.